The maximum Gasteiger partial charge on any atom is 0.306 e. The third-order valence-electron chi connectivity index (χ3n) is 4.54. The molecule has 0 atom stereocenters. The van der Waals surface area contributed by atoms with Crippen molar-refractivity contribution in [1.82, 2.24) is 0 Å². The Morgan fingerprint density at radius 3 is 2.27 bits per heavy atom. The fourth-order valence-electron chi connectivity index (χ4n) is 2.94. The first-order valence-electron chi connectivity index (χ1n) is 10.0. The second kappa shape index (κ2) is 12.1. The summed E-state index contributed by atoms with van der Waals surface area (Å²) in [6.45, 7) is 3.67. The molecule has 30 heavy (non-hydrogen) atoms. The molecule has 0 radical (unpaired) electrons. The van der Waals surface area contributed by atoms with E-state index in [9.17, 15) is 14.4 Å². The zero-order valence-electron chi connectivity index (χ0n) is 17.3. The molecule has 0 aliphatic carbocycles. The average molecular weight is 475 g/mol. The van der Waals surface area contributed by atoms with E-state index in [1.807, 2.05) is 50.2 Å². The van der Waals surface area contributed by atoms with E-state index in [4.69, 9.17) is 4.74 Å². The molecule has 0 heterocycles. The van der Waals surface area contributed by atoms with Gasteiger partial charge >= 0.3 is 5.97 Å². The van der Waals surface area contributed by atoms with Crippen LogP contribution in [0.3, 0.4) is 0 Å². The van der Waals surface area contributed by atoms with E-state index in [0.29, 0.717) is 12.1 Å². The second-order valence-electron chi connectivity index (χ2n) is 6.78. The second-order valence-corrected chi connectivity index (χ2v) is 7.69. The number of hydrogen-bond donors (Lipinski definition) is 2. The van der Waals surface area contributed by atoms with Gasteiger partial charge in [0, 0.05) is 28.7 Å². The minimum Gasteiger partial charge on any atom is -0.456 e. The van der Waals surface area contributed by atoms with Crippen molar-refractivity contribution in [3.8, 4) is 0 Å². The summed E-state index contributed by atoms with van der Waals surface area (Å²) in [5, 5.41) is 5.62. The van der Waals surface area contributed by atoms with Crippen LogP contribution in [0.15, 0.2) is 46.9 Å². The standard InChI is InChI=1S/C23H27BrN2O4/c1-3-16-8-5-6-9-19(16)25-21(27)10-7-11-23(29)30-15-22(28)26-20-13-12-18(24)14-17(20)4-2/h5-6,8-9,12-14H,3-4,7,10-11,15H2,1-2H3,(H,25,27)(H,26,28). The molecule has 2 N–H and O–H groups in total. The summed E-state index contributed by atoms with van der Waals surface area (Å²) < 4.78 is 5.95. The van der Waals surface area contributed by atoms with E-state index >= 15 is 0 Å². The molecule has 0 unspecified atom stereocenters. The van der Waals surface area contributed by atoms with Gasteiger partial charge in [-0.2, -0.15) is 0 Å². The number of benzene rings is 2. The Labute approximate surface area is 185 Å². The molecule has 2 aromatic rings. The lowest BCUT2D eigenvalue weighted by atomic mass is 10.1. The number of ether oxygens (including phenoxy) is 1. The van der Waals surface area contributed by atoms with E-state index in [0.717, 1.165) is 34.1 Å². The number of hydrogen-bond acceptors (Lipinski definition) is 4. The molecule has 2 amide bonds. The van der Waals surface area contributed by atoms with Gasteiger partial charge in [-0.3, -0.25) is 14.4 Å². The first-order chi connectivity index (χ1) is 14.4. The van der Waals surface area contributed by atoms with Crippen molar-refractivity contribution in [1.29, 1.82) is 0 Å². The van der Waals surface area contributed by atoms with E-state index in [1.165, 1.54) is 0 Å². The molecule has 0 aromatic heterocycles. The molecule has 2 aromatic carbocycles. The van der Waals surface area contributed by atoms with Crippen molar-refractivity contribution in [2.45, 2.75) is 46.0 Å². The van der Waals surface area contributed by atoms with Crippen LogP contribution >= 0.6 is 15.9 Å². The Morgan fingerprint density at radius 2 is 1.53 bits per heavy atom. The minimum absolute atomic E-state index is 0.0780. The van der Waals surface area contributed by atoms with Crippen LogP contribution < -0.4 is 10.6 Å². The van der Waals surface area contributed by atoms with Crippen LogP contribution in [0.1, 0.15) is 44.2 Å². The van der Waals surface area contributed by atoms with E-state index in [2.05, 4.69) is 26.6 Å². The van der Waals surface area contributed by atoms with Crippen LogP contribution in [0.2, 0.25) is 0 Å². The topological polar surface area (TPSA) is 84.5 Å². The largest absolute Gasteiger partial charge is 0.456 e. The summed E-state index contributed by atoms with van der Waals surface area (Å²) in [6, 6.07) is 13.2. The Balaban J connectivity index is 1.69. The molecule has 160 valence electrons. The molecule has 0 saturated carbocycles. The number of halogens is 1. The summed E-state index contributed by atoms with van der Waals surface area (Å²) in [4.78, 5) is 36.0. The monoisotopic (exact) mass is 474 g/mol. The SMILES string of the molecule is CCc1ccccc1NC(=O)CCCC(=O)OCC(=O)Nc1ccc(Br)cc1CC. The van der Waals surface area contributed by atoms with Gasteiger partial charge in [0.1, 0.15) is 0 Å². The highest BCUT2D eigenvalue weighted by atomic mass is 79.9. The zero-order chi connectivity index (χ0) is 21.9. The van der Waals surface area contributed by atoms with Gasteiger partial charge < -0.3 is 15.4 Å². The Kier molecular flexibility index (Phi) is 9.54. The zero-order valence-corrected chi connectivity index (χ0v) is 18.9. The number of aryl methyl sites for hydroxylation is 2. The van der Waals surface area contributed by atoms with Crippen LogP contribution in [0.4, 0.5) is 11.4 Å². The van der Waals surface area contributed by atoms with Gasteiger partial charge in [-0.15, -0.1) is 0 Å². The van der Waals surface area contributed by atoms with Crippen molar-refractivity contribution in [3.05, 3.63) is 58.1 Å². The number of esters is 1. The summed E-state index contributed by atoms with van der Waals surface area (Å²) in [5.41, 5.74) is 3.54. The number of anilines is 2. The van der Waals surface area contributed by atoms with Gasteiger partial charge in [-0.25, -0.2) is 0 Å². The number of amides is 2. The molecule has 0 bridgehead atoms. The van der Waals surface area contributed by atoms with Crippen molar-refractivity contribution < 1.29 is 19.1 Å². The maximum atomic E-state index is 12.1. The van der Waals surface area contributed by atoms with Gasteiger partial charge in [0.15, 0.2) is 6.61 Å². The van der Waals surface area contributed by atoms with Gasteiger partial charge in [0.05, 0.1) is 0 Å². The molecule has 6 nitrogen and oxygen atoms in total. The smallest absolute Gasteiger partial charge is 0.306 e. The molecule has 0 fully saturated rings. The number of nitrogens with one attached hydrogen (secondary N) is 2. The first kappa shape index (κ1) is 23.6. The van der Waals surface area contributed by atoms with Gasteiger partial charge in [0.2, 0.25) is 5.91 Å². The number of para-hydroxylation sites is 1. The number of carbonyl (C=O) groups is 3. The van der Waals surface area contributed by atoms with Crippen molar-refractivity contribution in [3.63, 3.8) is 0 Å². The molecule has 0 aliphatic rings. The number of carbonyl (C=O) groups excluding carboxylic acids is 3. The number of rotatable bonds is 10. The molecule has 0 spiro atoms. The van der Waals surface area contributed by atoms with Crippen LogP contribution in [0, 0.1) is 0 Å². The van der Waals surface area contributed by atoms with Gasteiger partial charge in [-0.05, 0) is 54.7 Å². The molecule has 0 aliphatic heterocycles. The summed E-state index contributed by atoms with van der Waals surface area (Å²) in [5.74, 6) is -1.04. The van der Waals surface area contributed by atoms with Gasteiger partial charge in [0.25, 0.3) is 5.91 Å². The summed E-state index contributed by atoms with van der Waals surface area (Å²) in [6.07, 6.45) is 2.23. The molecule has 7 heteroatoms. The lowest BCUT2D eigenvalue weighted by Gasteiger charge is -2.11. The van der Waals surface area contributed by atoms with Crippen molar-refractivity contribution in [2.24, 2.45) is 0 Å². The lowest BCUT2D eigenvalue weighted by molar-refractivity contribution is -0.147. The Morgan fingerprint density at radius 1 is 0.867 bits per heavy atom. The average Bonchev–Trinajstić information content (AvgIpc) is 2.73. The fraction of sp³-hybridized carbons (Fsp3) is 0.348. The maximum absolute atomic E-state index is 12.1. The van der Waals surface area contributed by atoms with Crippen LogP contribution in [-0.4, -0.2) is 24.4 Å². The Hall–Kier alpha value is -2.67. The van der Waals surface area contributed by atoms with E-state index in [1.54, 1.807) is 6.07 Å². The third-order valence-corrected chi connectivity index (χ3v) is 5.04. The minimum atomic E-state index is -0.501. The predicted molar refractivity (Wildman–Crippen MR) is 121 cm³/mol. The highest BCUT2D eigenvalue weighted by Gasteiger charge is 2.11. The first-order valence-corrected chi connectivity index (χ1v) is 10.8. The fourth-order valence-corrected chi connectivity index (χ4v) is 3.35. The lowest BCUT2D eigenvalue weighted by Crippen LogP contribution is -2.21. The molecular weight excluding hydrogens is 448 g/mol. The summed E-state index contributed by atoms with van der Waals surface area (Å²) >= 11 is 3.40. The van der Waals surface area contributed by atoms with Gasteiger partial charge in [-0.1, -0.05) is 48.0 Å². The summed E-state index contributed by atoms with van der Waals surface area (Å²) in [7, 11) is 0. The highest BCUT2D eigenvalue weighted by molar-refractivity contribution is 9.10. The Bertz CT molecular complexity index is 899. The van der Waals surface area contributed by atoms with E-state index < -0.39 is 11.9 Å². The van der Waals surface area contributed by atoms with Crippen LogP contribution in [0.25, 0.3) is 0 Å². The molecule has 0 saturated heterocycles. The quantitative estimate of drug-likeness (QED) is 0.481. The van der Waals surface area contributed by atoms with Crippen LogP contribution in [-0.2, 0) is 32.0 Å². The van der Waals surface area contributed by atoms with Crippen molar-refractivity contribution in [2.75, 3.05) is 17.2 Å². The van der Waals surface area contributed by atoms with Crippen molar-refractivity contribution >= 4 is 45.1 Å². The third kappa shape index (κ3) is 7.63. The highest BCUT2D eigenvalue weighted by Crippen LogP contribution is 2.21. The molecule has 2 rings (SSSR count). The van der Waals surface area contributed by atoms with E-state index in [-0.39, 0.29) is 25.4 Å². The van der Waals surface area contributed by atoms with Crippen LogP contribution in [0.5, 0.6) is 0 Å². The normalized spacial score (nSPS) is 10.4. The predicted octanol–water partition coefficient (Wildman–Crippen LogP) is 4.86. The molecular formula is C23H27BrN2O4.